The van der Waals surface area contributed by atoms with Gasteiger partial charge in [-0.25, -0.2) is 24.1 Å². The van der Waals surface area contributed by atoms with Crippen LogP contribution in [0.3, 0.4) is 0 Å². The first-order chi connectivity index (χ1) is 14.8. The van der Waals surface area contributed by atoms with E-state index in [9.17, 15) is 22.4 Å². The Morgan fingerprint density at radius 2 is 1.75 bits per heavy atom. The van der Waals surface area contributed by atoms with Crippen molar-refractivity contribution in [1.82, 2.24) is 24.7 Å². The molecule has 0 fully saturated rings. The van der Waals surface area contributed by atoms with Crippen molar-refractivity contribution in [3.8, 4) is 22.6 Å². The molecule has 0 aliphatic heterocycles. The second-order valence-corrected chi connectivity index (χ2v) is 6.52. The topological polar surface area (TPSA) is 84.2 Å². The van der Waals surface area contributed by atoms with Crippen LogP contribution in [0.4, 0.5) is 28.0 Å². The summed E-state index contributed by atoms with van der Waals surface area (Å²) in [6.45, 7) is -1.42. The third-order valence-electron chi connectivity index (χ3n) is 4.26. The molecule has 4 aromatic rings. The molecule has 0 radical (unpaired) electrons. The first-order valence-electron chi connectivity index (χ1n) is 8.95. The number of hydrogen-bond donors (Lipinski definition) is 2. The van der Waals surface area contributed by atoms with Gasteiger partial charge in [0, 0.05) is 23.0 Å². The van der Waals surface area contributed by atoms with Gasteiger partial charge in [-0.2, -0.15) is 13.2 Å². The highest BCUT2D eigenvalue weighted by molar-refractivity contribution is 5.90. The second-order valence-electron chi connectivity index (χ2n) is 6.52. The minimum absolute atomic E-state index is 0. The predicted molar refractivity (Wildman–Crippen MR) is 112 cm³/mol. The van der Waals surface area contributed by atoms with Crippen molar-refractivity contribution in [3.05, 3.63) is 67.0 Å². The molecule has 0 bridgehead atoms. The van der Waals surface area contributed by atoms with E-state index in [0.29, 0.717) is 34.0 Å². The van der Waals surface area contributed by atoms with Gasteiger partial charge in [0.15, 0.2) is 11.6 Å². The number of fused-ring (bicyclic) bond motifs is 1. The van der Waals surface area contributed by atoms with E-state index in [1.807, 2.05) is 0 Å². The Labute approximate surface area is 184 Å². The van der Waals surface area contributed by atoms with Gasteiger partial charge in [-0.15, -0.1) is 12.4 Å². The van der Waals surface area contributed by atoms with Crippen molar-refractivity contribution < 1.29 is 22.4 Å². The number of nitrogens with one attached hydrogen (secondary N) is 2. The molecule has 12 heteroatoms. The van der Waals surface area contributed by atoms with Crippen LogP contribution in [0.5, 0.6) is 0 Å². The Morgan fingerprint density at radius 1 is 1.00 bits per heavy atom. The van der Waals surface area contributed by atoms with E-state index < -0.39 is 24.6 Å². The Hall–Kier alpha value is -3.73. The molecule has 0 aliphatic carbocycles. The van der Waals surface area contributed by atoms with Crippen molar-refractivity contribution in [2.75, 3.05) is 11.9 Å². The van der Waals surface area contributed by atoms with Crippen LogP contribution in [0.25, 0.3) is 28.3 Å². The molecule has 3 aromatic heterocycles. The maximum absolute atomic E-state index is 13.0. The fourth-order valence-corrected chi connectivity index (χ4v) is 2.91. The molecule has 32 heavy (non-hydrogen) atoms. The lowest BCUT2D eigenvalue weighted by molar-refractivity contribution is -0.122. The van der Waals surface area contributed by atoms with Crippen LogP contribution in [-0.4, -0.2) is 38.1 Å². The van der Waals surface area contributed by atoms with Gasteiger partial charge in [0.1, 0.15) is 12.2 Å². The SMILES string of the molecule is Cl.O=C(NCC(F)(F)F)Nc1cccc(-c2cnc3cc(-c4ncc(F)cn4)ccn23)c1. The van der Waals surface area contributed by atoms with Gasteiger partial charge >= 0.3 is 12.2 Å². The van der Waals surface area contributed by atoms with Gasteiger partial charge in [0.05, 0.1) is 24.3 Å². The molecule has 3 heterocycles. The number of alkyl halides is 3. The van der Waals surface area contributed by atoms with Crippen LogP contribution in [-0.2, 0) is 0 Å². The number of amides is 2. The quantitative estimate of drug-likeness (QED) is 0.427. The van der Waals surface area contributed by atoms with Gasteiger partial charge in [-0.05, 0) is 24.3 Å². The summed E-state index contributed by atoms with van der Waals surface area (Å²) in [5, 5.41) is 4.13. The summed E-state index contributed by atoms with van der Waals surface area (Å²) in [7, 11) is 0. The second kappa shape index (κ2) is 9.18. The number of imidazole rings is 1. The van der Waals surface area contributed by atoms with E-state index in [1.54, 1.807) is 58.5 Å². The van der Waals surface area contributed by atoms with Gasteiger partial charge in [0.25, 0.3) is 0 Å². The summed E-state index contributed by atoms with van der Waals surface area (Å²) >= 11 is 0. The Bertz CT molecular complexity index is 1240. The number of urea groups is 1. The molecule has 0 aliphatic rings. The molecule has 166 valence electrons. The van der Waals surface area contributed by atoms with Crippen molar-refractivity contribution in [2.24, 2.45) is 0 Å². The minimum atomic E-state index is -4.49. The lowest BCUT2D eigenvalue weighted by Gasteiger charge is -2.11. The van der Waals surface area contributed by atoms with Crippen LogP contribution in [0, 0.1) is 5.82 Å². The average molecular weight is 467 g/mol. The van der Waals surface area contributed by atoms with E-state index in [0.717, 1.165) is 12.4 Å². The molecule has 2 N–H and O–H groups in total. The predicted octanol–water partition coefficient (Wildman–Crippen LogP) is 4.70. The Balaban J connectivity index is 0.00000289. The number of halogens is 5. The molecule has 2 amide bonds. The number of nitrogens with zero attached hydrogens (tertiary/aromatic N) is 4. The molecular weight excluding hydrogens is 452 g/mol. The van der Waals surface area contributed by atoms with Gasteiger partial charge in [-0.3, -0.25) is 4.40 Å². The zero-order valence-electron chi connectivity index (χ0n) is 16.1. The highest BCUT2D eigenvalue weighted by Crippen LogP contribution is 2.26. The monoisotopic (exact) mass is 466 g/mol. The summed E-state index contributed by atoms with van der Waals surface area (Å²) in [4.78, 5) is 23.9. The maximum atomic E-state index is 13.0. The smallest absolute Gasteiger partial charge is 0.329 e. The maximum Gasteiger partial charge on any atom is 0.405 e. The van der Waals surface area contributed by atoms with Crippen LogP contribution < -0.4 is 10.6 Å². The summed E-state index contributed by atoms with van der Waals surface area (Å²) in [6.07, 6.45) is 1.02. The van der Waals surface area contributed by atoms with Crippen molar-refractivity contribution in [3.63, 3.8) is 0 Å². The van der Waals surface area contributed by atoms with Crippen molar-refractivity contribution in [1.29, 1.82) is 0 Å². The minimum Gasteiger partial charge on any atom is -0.329 e. The molecule has 0 atom stereocenters. The number of carbonyl (C=O) groups is 1. The molecule has 0 spiro atoms. The fourth-order valence-electron chi connectivity index (χ4n) is 2.91. The summed E-state index contributed by atoms with van der Waals surface area (Å²) in [6, 6.07) is 9.14. The molecule has 0 unspecified atom stereocenters. The first-order valence-corrected chi connectivity index (χ1v) is 8.95. The Kier molecular flexibility index (Phi) is 6.58. The van der Waals surface area contributed by atoms with Crippen LogP contribution >= 0.6 is 12.4 Å². The number of carbonyl (C=O) groups excluding carboxylic acids is 1. The summed E-state index contributed by atoms with van der Waals surface area (Å²) in [5.74, 6) is -0.182. The van der Waals surface area contributed by atoms with E-state index >= 15 is 0 Å². The molecule has 4 rings (SSSR count). The Morgan fingerprint density at radius 3 is 2.47 bits per heavy atom. The number of rotatable bonds is 4. The molecule has 0 saturated heterocycles. The number of anilines is 1. The third kappa shape index (κ3) is 5.30. The van der Waals surface area contributed by atoms with E-state index in [-0.39, 0.29) is 12.4 Å². The molecule has 0 saturated carbocycles. The number of pyridine rings is 1. The lowest BCUT2D eigenvalue weighted by atomic mass is 10.1. The summed E-state index contributed by atoms with van der Waals surface area (Å²) < 4.78 is 51.5. The van der Waals surface area contributed by atoms with Crippen molar-refractivity contribution in [2.45, 2.75) is 6.18 Å². The van der Waals surface area contributed by atoms with Crippen LogP contribution in [0.1, 0.15) is 0 Å². The molecule has 1 aromatic carbocycles. The standard InChI is InChI=1S/C20H14F4N6O.ClH/c21-14-8-26-18(27-9-14)13-4-5-30-16(10-25-17(30)7-13)12-2-1-3-15(6-12)29-19(31)28-11-20(22,23)24;/h1-10H,11H2,(H2,28,29,31);1H. The van der Waals surface area contributed by atoms with Crippen LogP contribution in [0.15, 0.2) is 61.2 Å². The van der Waals surface area contributed by atoms with E-state index in [1.165, 1.54) is 0 Å². The normalized spacial score (nSPS) is 11.1. The van der Waals surface area contributed by atoms with Crippen LogP contribution in [0.2, 0.25) is 0 Å². The van der Waals surface area contributed by atoms with Gasteiger partial charge < -0.3 is 10.6 Å². The van der Waals surface area contributed by atoms with E-state index in [2.05, 4.69) is 20.3 Å². The van der Waals surface area contributed by atoms with E-state index in [4.69, 9.17) is 0 Å². The highest BCUT2D eigenvalue weighted by atomic mass is 35.5. The fraction of sp³-hybridized carbons (Fsp3) is 0.100. The number of benzene rings is 1. The number of aromatic nitrogens is 4. The number of hydrogen-bond acceptors (Lipinski definition) is 4. The average Bonchev–Trinajstić information content (AvgIpc) is 3.16. The van der Waals surface area contributed by atoms with Gasteiger partial charge in [-0.1, -0.05) is 12.1 Å². The zero-order chi connectivity index (χ0) is 22.0. The van der Waals surface area contributed by atoms with Gasteiger partial charge in [0.2, 0.25) is 0 Å². The molecular formula is C20H15ClF4N6O. The largest absolute Gasteiger partial charge is 0.405 e. The zero-order valence-corrected chi connectivity index (χ0v) is 16.9. The van der Waals surface area contributed by atoms with Crippen molar-refractivity contribution >= 4 is 29.8 Å². The highest BCUT2D eigenvalue weighted by Gasteiger charge is 2.27. The first kappa shape index (κ1) is 22.9. The summed E-state index contributed by atoms with van der Waals surface area (Å²) in [5.41, 5.74) is 2.94. The third-order valence-corrected chi connectivity index (χ3v) is 4.26. The molecule has 7 nitrogen and oxygen atoms in total. The lowest BCUT2D eigenvalue weighted by Crippen LogP contribution is -2.36.